The lowest BCUT2D eigenvalue weighted by molar-refractivity contribution is -0.135. The quantitative estimate of drug-likeness (QED) is 0.513. The Bertz CT molecular complexity index is 172. The molecule has 10 heavy (non-hydrogen) atoms. The van der Waals surface area contributed by atoms with Crippen LogP contribution < -0.4 is 0 Å². The molecule has 56 valence electrons. The molecule has 1 rings (SSSR count). The van der Waals surface area contributed by atoms with Gasteiger partial charge in [-0.1, -0.05) is 13.8 Å². The third kappa shape index (κ3) is 0.981. The molecule has 2 unspecified atom stereocenters. The van der Waals surface area contributed by atoms with E-state index < -0.39 is 0 Å². The van der Waals surface area contributed by atoms with Crippen molar-refractivity contribution in [2.24, 2.45) is 11.8 Å². The molecule has 0 aromatic rings. The summed E-state index contributed by atoms with van der Waals surface area (Å²) in [5.74, 6) is -0.00755. The van der Waals surface area contributed by atoms with Crippen LogP contribution in [0.2, 0.25) is 0 Å². The summed E-state index contributed by atoms with van der Waals surface area (Å²) in [5, 5.41) is 0. The minimum atomic E-state index is -0.167. The van der Waals surface area contributed by atoms with Crippen LogP contribution in [-0.2, 0) is 9.59 Å². The fourth-order valence-electron chi connectivity index (χ4n) is 1.59. The van der Waals surface area contributed by atoms with Gasteiger partial charge in [-0.05, 0) is 12.3 Å². The van der Waals surface area contributed by atoms with E-state index in [1.165, 1.54) is 0 Å². The number of Topliss-reactive ketones (excluding diaryl/α,β-unsaturated/α-hetero) is 2. The molecule has 1 fully saturated rings. The molecule has 0 radical (unpaired) electrons. The van der Waals surface area contributed by atoms with Gasteiger partial charge in [0.1, 0.15) is 0 Å². The highest BCUT2D eigenvalue weighted by Crippen LogP contribution is 2.27. The van der Waals surface area contributed by atoms with Gasteiger partial charge in [-0.3, -0.25) is 9.59 Å². The van der Waals surface area contributed by atoms with Gasteiger partial charge in [0.05, 0.1) is 0 Å². The summed E-state index contributed by atoms with van der Waals surface area (Å²) in [7, 11) is 0. The smallest absolute Gasteiger partial charge is 0.201 e. The van der Waals surface area contributed by atoms with Crippen molar-refractivity contribution in [1.82, 2.24) is 0 Å². The highest BCUT2D eigenvalue weighted by molar-refractivity contribution is 6.40. The Hall–Kier alpha value is -0.660. The zero-order chi connectivity index (χ0) is 7.72. The number of hydrogen-bond acceptors (Lipinski definition) is 2. The van der Waals surface area contributed by atoms with Crippen LogP contribution in [-0.4, -0.2) is 11.6 Å². The number of carbonyl (C=O) groups is 2. The maximum atomic E-state index is 11.0. The summed E-state index contributed by atoms with van der Waals surface area (Å²) in [4.78, 5) is 21.8. The van der Waals surface area contributed by atoms with E-state index in [4.69, 9.17) is 0 Å². The molecule has 1 saturated carbocycles. The van der Waals surface area contributed by atoms with Crippen LogP contribution >= 0.6 is 0 Å². The van der Waals surface area contributed by atoms with E-state index in [0.717, 1.165) is 6.42 Å². The van der Waals surface area contributed by atoms with Crippen molar-refractivity contribution in [3.8, 4) is 0 Å². The van der Waals surface area contributed by atoms with E-state index in [1.54, 1.807) is 0 Å². The maximum Gasteiger partial charge on any atom is 0.201 e. The second-order valence-electron chi connectivity index (χ2n) is 2.98. The Morgan fingerprint density at radius 1 is 1.50 bits per heavy atom. The molecule has 0 heterocycles. The van der Waals surface area contributed by atoms with Gasteiger partial charge < -0.3 is 0 Å². The van der Waals surface area contributed by atoms with Crippen LogP contribution in [0.5, 0.6) is 0 Å². The van der Waals surface area contributed by atoms with Crippen molar-refractivity contribution in [3.63, 3.8) is 0 Å². The predicted molar refractivity (Wildman–Crippen MR) is 37.6 cm³/mol. The lowest BCUT2D eigenvalue weighted by atomic mass is 9.95. The van der Waals surface area contributed by atoms with Crippen LogP contribution in [0.25, 0.3) is 0 Å². The molecule has 2 heteroatoms. The number of carbonyl (C=O) groups excluding carboxylic acids is 2. The lowest BCUT2D eigenvalue weighted by Crippen LogP contribution is -2.14. The SMILES string of the molecule is CCC1C(=O)C(=O)CC1C. The van der Waals surface area contributed by atoms with Crippen LogP contribution in [0.1, 0.15) is 26.7 Å². The minimum absolute atomic E-state index is 0.0208. The van der Waals surface area contributed by atoms with Crippen LogP contribution in [0.3, 0.4) is 0 Å². The monoisotopic (exact) mass is 140 g/mol. The molecule has 0 bridgehead atoms. The fraction of sp³-hybridized carbons (Fsp3) is 0.750. The van der Waals surface area contributed by atoms with Gasteiger partial charge in [-0.25, -0.2) is 0 Å². The standard InChI is InChI=1S/C8H12O2/c1-3-6-5(2)4-7(9)8(6)10/h5-6H,3-4H2,1-2H3. The van der Waals surface area contributed by atoms with Crippen molar-refractivity contribution >= 4 is 11.6 Å². The molecule has 0 spiro atoms. The topological polar surface area (TPSA) is 34.1 Å². The first-order valence-electron chi connectivity index (χ1n) is 3.73. The Kier molecular flexibility index (Phi) is 1.88. The molecule has 0 amide bonds. The Labute approximate surface area is 60.6 Å². The van der Waals surface area contributed by atoms with Gasteiger partial charge in [-0.15, -0.1) is 0 Å². The van der Waals surface area contributed by atoms with Gasteiger partial charge in [0.2, 0.25) is 5.78 Å². The molecular formula is C8H12O2. The number of hydrogen-bond donors (Lipinski definition) is 0. The van der Waals surface area contributed by atoms with E-state index in [1.807, 2.05) is 13.8 Å². The molecule has 1 aliphatic carbocycles. The molecule has 0 aromatic heterocycles. The Balaban J connectivity index is 2.74. The van der Waals surface area contributed by atoms with Gasteiger partial charge in [0.25, 0.3) is 0 Å². The van der Waals surface area contributed by atoms with Crippen molar-refractivity contribution in [3.05, 3.63) is 0 Å². The van der Waals surface area contributed by atoms with E-state index in [0.29, 0.717) is 6.42 Å². The molecule has 0 aliphatic heterocycles. The summed E-state index contributed by atoms with van der Waals surface area (Å²) in [6.07, 6.45) is 1.28. The molecular weight excluding hydrogens is 128 g/mol. The summed E-state index contributed by atoms with van der Waals surface area (Å²) >= 11 is 0. The number of ketones is 2. The van der Waals surface area contributed by atoms with Gasteiger partial charge >= 0.3 is 0 Å². The van der Waals surface area contributed by atoms with Crippen LogP contribution in [0.15, 0.2) is 0 Å². The lowest BCUT2D eigenvalue weighted by Gasteiger charge is -2.07. The first kappa shape index (κ1) is 7.45. The zero-order valence-electron chi connectivity index (χ0n) is 6.39. The Morgan fingerprint density at radius 2 is 2.10 bits per heavy atom. The third-order valence-corrected chi connectivity index (χ3v) is 2.25. The first-order valence-corrected chi connectivity index (χ1v) is 3.73. The Morgan fingerprint density at radius 3 is 2.30 bits per heavy atom. The van der Waals surface area contributed by atoms with Crippen LogP contribution in [0.4, 0.5) is 0 Å². The predicted octanol–water partition coefficient (Wildman–Crippen LogP) is 1.19. The van der Waals surface area contributed by atoms with Gasteiger partial charge in [0.15, 0.2) is 5.78 Å². The molecule has 2 nitrogen and oxygen atoms in total. The largest absolute Gasteiger partial charge is 0.291 e. The van der Waals surface area contributed by atoms with Gasteiger partial charge in [-0.2, -0.15) is 0 Å². The van der Waals surface area contributed by atoms with E-state index in [2.05, 4.69) is 0 Å². The molecule has 0 N–H and O–H groups in total. The first-order chi connectivity index (χ1) is 4.66. The highest BCUT2D eigenvalue weighted by atomic mass is 16.2. The molecule has 1 aliphatic rings. The summed E-state index contributed by atoms with van der Waals surface area (Å²) in [6, 6.07) is 0. The third-order valence-electron chi connectivity index (χ3n) is 2.25. The second-order valence-corrected chi connectivity index (χ2v) is 2.98. The van der Waals surface area contributed by atoms with Crippen molar-refractivity contribution in [1.29, 1.82) is 0 Å². The maximum absolute atomic E-state index is 11.0. The summed E-state index contributed by atoms with van der Waals surface area (Å²) in [6.45, 7) is 3.93. The van der Waals surface area contributed by atoms with Crippen molar-refractivity contribution in [2.75, 3.05) is 0 Å². The molecule has 0 saturated heterocycles. The summed E-state index contributed by atoms with van der Waals surface area (Å²) in [5.41, 5.74) is 0. The van der Waals surface area contributed by atoms with Crippen LogP contribution in [0, 0.1) is 11.8 Å². The normalized spacial score (nSPS) is 33.4. The highest BCUT2D eigenvalue weighted by Gasteiger charge is 2.36. The fourth-order valence-corrected chi connectivity index (χ4v) is 1.59. The average Bonchev–Trinajstić information content (AvgIpc) is 2.09. The minimum Gasteiger partial charge on any atom is -0.291 e. The molecule has 0 aromatic carbocycles. The number of rotatable bonds is 1. The van der Waals surface area contributed by atoms with E-state index in [-0.39, 0.29) is 23.4 Å². The summed E-state index contributed by atoms with van der Waals surface area (Å²) < 4.78 is 0. The van der Waals surface area contributed by atoms with Crippen molar-refractivity contribution < 1.29 is 9.59 Å². The second kappa shape index (κ2) is 2.52. The average molecular weight is 140 g/mol. The van der Waals surface area contributed by atoms with E-state index in [9.17, 15) is 9.59 Å². The molecule has 2 atom stereocenters. The van der Waals surface area contributed by atoms with Gasteiger partial charge in [0, 0.05) is 12.3 Å². The zero-order valence-corrected chi connectivity index (χ0v) is 6.39. The van der Waals surface area contributed by atoms with E-state index >= 15 is 0 Å². The van der Waals surface area contributed by atoms with Crippen molar-refractivity contribution in [2.45, 2.75) is 26.7 Å².